The molecule has 0 radical (unpaired) electrons. The number of likely N-dealkylation sites (N-methyl/N-ethyl adjacent to an activating group) is 1. The van der Waals surface area contributed by atoms with Crippen molar-refractivity contribution in [2.24, 2.45) is 5.92 Å². The molecule has 1 amide bonds. The van der Waals surface area contributed by atoms with E-state index in [1.54, 1.807) is 6.92 Å². The summed E-state index contributed by atoms with van der Waals surface area (Å²) in [6.07, 6.45) is 7.47. The number of benzene rings is 1. The van der Waals surface area contributed by atoms with E-state index in [9.17, 15) is 13.2 Å². The molecule has 1 N–H and O–H groups in total. The molecule has 0 bridgehead atoms. The molecule has 0 unspecified atom stereocenters. The highest BCUT2D eigenvalue weighted by molar-refractivity contribution is 7.89. The van der Waals surface area contributed by atoms with Gasteiger partial charge in [-0.25, -0.2) is 13.1 Å². The quantitative estimate of drug-likeness (QED) is 0.651. The number of hydrogen-bond donors (Lipinski definition) is 1. The van der Waals surface area contributed by atoms with Gasteiger partial charge in [0.15, 0.2) is 0 Å². The minimum absolute atomic E-state index is 0.0666. The van der Waals surface area contributed by atoms with E-state index in [0.717, 1.165) is 57.5 Å². The van der Waals surface area contributed by atoms with Crippen LogP contribution in [-0.2, 0) is 33.3 Å². The minimum atomic E-state index is -3.12. The molecule has 34 heavy (non-hydrogen) atoms. The molecule has 2 aliphatic heterocycles. The molecule has 2 fully saturated rings. The maximum Gasteiger partial charge on any atom is 0.237 e. The van der Waals surface area contributed by atoms with Crippen LogP contribution in [0.5, 0.6) is 0 Å². The maximum atomic E-state index is 13.2. The van der Waals surface area contributed by atoms with Gasteiger partial charge in [-0.05, 0) is 70.2 Å². The van der Waals surface area contributed by atoms with Crippen LogP contribution in [0.3, 0.4) is 0 Å². The molecular weight excluding hydrogens is 450 g/mol. The lowest BCUT2D eigenvalue weighted by molar-refractivity contribution is -0.124. The Balaban J connectivity index is 1.14. The first-order chi connectivity index (χ1) is 16.2. The average Bonchev–Trinajstić information content (AvgIpc) is 3.30. The molecule has 184 valence electrons. The number of amides is 1. The molecule has 1 aromatic carbocycles. The smallest absolute Gasteiger partial charge is 0.237 e. The van der Waals surface area contributed by atoms with Crippen LogP contribution in [0.1, 0.15) is 49.3 Å². The fourth-order valence-corrected chi connectivity index (χ4v) is 6.74. The Hall–Kier alpha value is -2.23. The number of hydrogen-bond acceptors (Lipinski definition) is 5. The van der Waals surface area contributed by atoms with Gasteiger partial charge in [0.1, 0.15) is 0 Å². The van der Waals surface area contributed by atoms with Crippen LogP contribution in [-0.4, -0.2) is 60.9 Å². The van der Waals surface area contributed by atoms with Crippen LogP contribution in [0.2, 0.25) is 0 Å². The summed E-state index contributed by atoms with van der Waals surface area (Å²) in [5.74, 6) is 0.826. The van der Waals surface area contributed by atoms with Crippen molar-refractivity contribution in [3.05, 3.63) is 47.3 Å². The zero-order valence-electron chi connectivity index (χ0n) is 20.3. The largest absolute Gasteiger partial charge is 0.314 e. The molecule has 1 spiro atoms. The van der Waals surface area contributed by atoms with E-state index in [1.807, 2.05) is 22.8 Å². The number of carbonyl (C=O) groups excluding carboxylic acids is 1. The van der Waals surface area contributed by atoms with Crippen molar-refractivity contribution in [3.8, 4) is 0 Å². The summed E-state index contributed by atoms with van der Waals surface area (Å²) in [6, 6.07) is 6.44. The lowest BCUT2D eigenvalue weighted by atomic mass is 9.73. The van der Waals surface area contributed by atoms with E-state index in [0.29, 0.717) is 5.92 Å². The van der Waals surface area contributed by atoms with Gasteiger partial charge >= 0.3 is 0 Å². The number of carbonyl (C=O) groups is 1. The third-order valence-corrected chi connectivity index (χ3v) is 9.41. The molecule has 0 atom stereocenters. The Labute approximate surface area is 202 Å². The van der Waals surface area contributed by atoms with Gasteiger partial charge in [-0.1, -0.05) is 17.7 Å². The second-order valence-electron chi connectivity index (χ2n) is 10.4. The molecule has 5 rings (SSSR count). The van der Waals surface area contributed by atoms with Crippen LogP contribution >= 0.6 is 0 Å². The molecule has 1 saturated heterocycles. The number of sulfonamides is 1. The molecule has 9 heteroatoms. The standard InChI is InChI=1S/C25H35N5O3S/c1-4-34(32,33)27-21-12-19(13-21)16-30-17-20(14-26-30)15-29-9-7-25(8-10-29)22-11-18(2)5-6-23(22)28(3)24(25)31/h5-6,11,14,17,19,21,27H,4,7-10,12-13,15-16H2,1-3H3. The van der Waals surface area contributed by atoms with Crippen LogP contribution in [0.25, 0.3) is 0 Å². The van der Waals surface area contributed by atoms with E-state index in [2.05, 4.69) is 46.0 Å². The molecule has 1 saturated carbocycles. The highest BCUT2D eigenvalue weighted by Gasteiger charge is 2.50. The Kier molecular flexibility index (Phi) is 6.06. The van der Waals surface area contributed by atoms with Crippen molar-refractivity contribution in [2.45, 2.75) is 64.1 Å². The average molecular weight is 486 g/mol. The lowest BCUT2D eigenvalue weighted by Gasteiger charge is -2.38. The van der Waals surface area contributed by atoms with E-state index >= 15 is 0 Å². The van der Waals surface area contributed by atoms with Gasteiger partial charge in [0, 0.05) is 43.6 Å². The number of anilines is 1. The van der Waals surface area contributed by atoms with E-state index in [1.165, 1.54) is 16.7 Å². The summed E-state index contributed by atoms with van der Waals surface area (Å²) in [5, 5.41) is 4.54. The van der Waals surface area contributed by atoms with Crippen LogP contribution < -0.4 is 9.62 Å². The van der Waals surface area contributed by atoms with Crippen molar-refractivity contribution >= 4 is 21.6 Å². The lowest BCUT2D eigenvalue weighted by Crippen LogP contribution is -2.47. The predicted octanol–water partition coefficient (Wildman–Crippen LogP) is 2.42. The van der Waals surface area contributed by atoms with Crippen molar-refractivity contribution in [2.75, 3.05) is 30.8 Å². The fourth-order valence-electron chi connectivity index (χ4n) is 5.88. The van der Waals surface area contributed by atoms with Crippen LogP contribution in [0.15, 0.2) is 30.6 Å². The highest BCUT2D eigenvalue weighted by Crippen LogP contribution is 2.47. The number of nitrogens with one attached hydrogen (secondary N) is 1. The monoisotopic (exact) mass is 485 g/mol. The van der Waals surface area contributed by atoms with Gasteiger partial charge in [-0.3, -0.25) is 14.4 Å². The SMILES string of the molecule is CCS(=O)(=O)NC1CC(Cn2cc(CN3CCC4(CC3)C(=O)N(C)c3ccc(C)cc34)cn2)C1. The highest BCUT2D eigenvalue weighted by atomic mass is 32.2. The molecule has 1 aliphatic carbocycles. The van der Waals surface area contributed by atoms with E-state index < -0.39 is 10.0 Å². The Bertz CT molecular complexity index is 1180. The number of aryl methyl sites for hydroxylation is 1. The van der Waals surface area contributed by atoms with Gasteiger partial charge in [0.2, 0.25) is 15.9 Å². The second kappa shape index (κ2) is 8.77. The maximum absolute atomic E-state index is 13.2. The first kappa shape index (κ1) is 23.5. The number of fused-ring (bicyclic) bond motifs is 2. The zero-order valence-corrected chi connectivity index (χ0v) is 21.1. The molecular formula is C25H35N5O3S. The third kappa shape index (κ3) is 4.29. The number of rotatable bonds is 7. The first-order valence-electron chi connectivity index (χ1n) is 12.3. The summed E-state index contributed by atoms with van der Waals surface area (Å²) in [7, 11) is -1.23. The van der Waals surface area contributed by atoms with Crippen molar-refractivity contribution in [1.29, 1.82) is 0 Å². The molecule has 3 aliphatic rings. The van der Waals surface area contributed by atoms with Gasteiger partial charge in [0.25, 0.3) is 0 Å². The van der Waals surface area contributed by atoms with Gasteiger partial charge in [-0.2, -0.15) is 5.10 Å². The predicted molar refractivity (Wildman–Crippen MR) is 132 cm³/mol. The van der Waals surface area contributed by atoms with E-state index in [-0.39, 0.29) is 23.1 Å². The number of likely N-dealkylation sites (tertiary alicyclic amines) is 1. The number of piperidine rings is 1. The van der Waals surface area contributed by atoms with E-state index in [4.69, 9.17) is 0 Å². The van der Waals surface area contributed by atoms with Gasteiger partial charge < -0.3 is 4.90 Å². The topological polar surface area (TPSA) is 87.5 Å². The summed E-state index contributed by atoms with van der Waals surface area (Å²) in [4.78, 5) is 17.5. The Morgan fingerprint density at radius 3 is 2.65 bits per heavy atom. The Morgan fingerprint density at radius 1 is 1.21 bits per heavy atom. The summed E-state index contributed by atoms with van der Waals surface area (Å²) in [6.45, 7) is 7.20. The second-order valence-corrected chi connectivity index (χ2v) is 12.4. The summed E-state index contributed by atoms with van der Waals surface area (Å²) >= 11 is 0. The minimum Gasteiger partial charge on any atom is -0.314 e. The normalized spacial score (nSPS) is 24.4. The molecule has 1 aromatic heterocycles. The molecule has 2 aromatic rings. The Morgan fingerprint density at radius 2 is 1.94 bits per heavy atom. The van der Waals surface area contributed by atoms with Crippen molar-refractivity contribution in [3.63, 3.8) is 0 Å². The number of aromatic nitrogens is 2. The van der Waals surface area contributed by atoms with Crippen molar-refractivity contribution < 1.29 is 13.2 Å². The summed E-state index contributed by atoms with van der Waals surface area (Å²) in [5.41, 5.74) is 4.27. The van der Waals surface area contributed by atoms with Crippen molar-refractivity contribution in [1.82, 2.24) is 19.4 Å². The fraction of sp³-hybridized carbons (Fsp3) is 0.600. The molecule has 8 nitrogen and oxygen atoms in total. The number of nitrogens with zero attached hydrogens (tertiary/aromatic N) is 4. The van der Waals surface area contributed by atoms with Crippen LogP contribution in [0, 0.1) is 12.8 Å². The van der Waals surface area contributed by atoms with Gasteiger partial charge in [0.05, 0.1) is 17.4 Å². The first-order valence-corrected chi connectivity index (χ1v) is 14.0. The third-order valence-electron chi connectivity index (χ3n) is 7.95. The van der Waals surface area contributed by atoms with Gasteiger partial charge in [-0.15, -0.1) is 0 Å². The molecule has 3 heterocycles. The summed E-state index contributed by atoms with van der Waals surface area (Å²) < 4.78 is 28.1. The zero-order chi connectivity index (χ0) is 24.1. The van der Waals surface area contributed by atoms with Crippen LogP contribution in [0.4, 0.5) is 5.69 Å².